The van der Waals surface area contributed by atoms with Gasteiger partial charge in [0.2, 0.25) is 0 Å². The molecule has 28 heavy (non-hydrogen) atoms. The molecule has 3 aromatic heterocycles. The Labute approximate surface area is 168 Å². The van der Waals surface area contributed by atoms with E-state index in [1.165, 1.54) is 0 Å². The van der Waals surface area contributed by atoms with E-state index in [4.69, 9.17) is 11.6 Å². The molecule has 0 saturated carbocycles. The summed E-state index contributed by atoms with van der Waals surface area (Å²) in [5.41, 5.74) is 2.71. The zero-order chi connectivity index (χ0) is 19.7. The van der Waals surface area contributed by atoms with E-state index < -0.39 is 0 Å². The van der Waals surface area contributed by atoms with Crippen LogP contribution in [0.3, 0.4) is 0 Å². The van der Waals surface area contributed by atoms with E-state index in [9.17, 15) is 0 Å². The molecule has 3 heterocycles. The first kappa shape index (κ1) is 18.2. The number of hydrogen-bond donors (Lipinski definition) is 1. The fourth-order valence-electron chi connectivity index (χ4n) is 2.95. The maximum absolute atomic E-state index is 6.13. The number of aromatic nitrogens is 5. The molecule has 0 fully saturated rings. The summed E-state index contributed by atoms with van der Waals surface area (Å²) in [5, 5.41) is 9.42. The van der Waals surface area contributed by atoms with Crippen LogP contribution in [0.1, 0.15) is 11.4 Å². The highest BCUT2D eigenvalue weighted by molar-refractivity contribution is 6.30. The normalized spacial score (nSPS) is 11.0. The summed E-state index contributed by atoms with van der Waals surface area (Å²) < 4.78 is 1.78. The highest BCUT2D eigenvalue weighted by Gasteiger charge is 2.13. The largest absolute Gasteiger partial charge is 0.365 e. The number of rotatable bonds is 5. The second kappa shape index (κ2) is 7.44. The third-order valence-corrected chi connectivity index (χ3v) is 4.56. The standard InChI is InChI=1S/C20H20ClN7/c1-13-25-19(23-11-14-7-8-22-18(9-14)27(2)3)17-12-24-28(20(17)26-13)16-6-4-5-15(21)10-16/h4-10,12H,11H2,1-3H3,(H,23,25,26). The van der Waals surface area contributed by atoms with Crippen LogP contribution in [0.15, 0.2) is 48.8 Å². The van der Waals surface area contributed by atoms with Crippen LogP contribution in [-0.2, 0) is 6.54 Å². The van der Waals surface area contributed by atoms with Crippen molar-refractivity contribution in [2.45, 2.75) is 13.5 Å². The van der Waals surface area contributed by atoms with E-state index in [0.29, 0.717) is 17.4 Å². The quantitative estimate of drug-likeness (QED) is 0.555. The van der Waals surface area contributed by atoms with Crippen molar-refractivity contribution in [1.82, 2.24) is 24.7 Å². The minimum Gasteiger partial charge on any atom is -0.365 e. The summed E-state index contributed by atoms with van der Waals surface area (Å²) in [6, 6.07) is 11.6. The molecule has 0 aliphatic carbocycles. The summed E-state index contributed by atoms with van der Waals surface area (Å²) in [4.78, 5) is 15.5. The van der Waals surface area contributed by atoms with Crippen molar-refractivity contribution < 1.29 is 0 Å². The molecule has 0 saturated heterocycles. The SMILES string of the molecule is Cc1nc(NCc2ccnc(N(C)C)c2)c2cnn(-c3cccc(Cl)c3)c2n1. The zero-order valence-corrected chi connectivity index (χ0v) is 16.6. The van der Waals surface area contributed by atoms with Gasteiger partial charge in [-0.3, -0.25) is 0 Å². The molecule has 1 N–H and O–H groups in total. The van der Waals surface area contributed by atoms with E-state index in [1.54, 1.807) is 10.9 Å². The first-order chi connectivity index (χ1) is 13.5. The molecular formula is C20H20ClN7. The summed E-state index contributed by atoms with van der Waals surface area (Å²) in [5.74, 6) is 2.33. The molecule has 0 spiro atoms. The Hall–Kier alpha value is -3.19. The van der Waals surface area contributed by atoms with Crippen molar-refractivity contribution in [1.29, 1.82) is 0 Å². The van der Waals surface area contributed by atoms with E-state index in [2.05, 4.69) is 25.4 Å². The summed E-state index contributed by atoms with van der Waals surface area (Å²) in [7, 11) is 3.95. The van der Waals surface area contributed by atoms with Gasteiger partial charge in [0.15, 0.2) is 5.65 Å². The number of halogens is 1. The number of pyridine rings is 1. The fourth-order valence-corrected chi connectivity index (χ4v) is 3.13. The molecule has 0 aliphatic rings. The van der Waals surface area contributed by atoms with Gasteiger partial charge in [0.1, 0.15) is 17.5 Å². The molecule has 0 radical (unpaired) electrons. The van der Waals surface area contributed by atoms with Crippen LogP contribution >= 0.6 is 11.6 Å². The number of aryl methyl sites for hydroxylation is 1. The monoisotopic (exact) mass is 393 g/mol. The van der Waals surface area contributed by atoms with Gasteiger partial charge < -0.3 is 10.2 Å². The van der Waals surface area contributed by atoms with E-state index >= 15 is 0 Å². The van der Waals surface area contributed by atoms with Crippen molar-refractivity contribution in [3.8, 4) is 5.69 Å². The number of nitrogens with zero attached hydrogens (tertiary/aromatic N) is 6. The van der Waals surface area contributed by atoms with Crippen molar-refractivity contribution in [2.24, 2.45) is 0 Å². The van der Waals surface area contributed by atoms with Crippen LogP contribution in [0.5, 0.6) is 0 Å². The lowest BCUT2D eigenvalue weighted by atomic mass is 10.2. The minimum atomic E-state index is 0.622. The molecule has 4 rings (SSSR count). The number of nitrogens with one attached hydrogen (secondary N) is 1. The van der Waals surface area contributed by atoms with Crippen molar-refractivity contribution >= 4 is 34.3 Å². The topological polar surface area (TPSA) is 71.8 Å². The van der Waals surface area contributed by atoms with Crippen molar-refractivity contribution in [3.63, 3.8) is 0 Å². The van der Waals surface area contributed by atoms with Gasteiger partial charge in [0.25, 0.3) is 0 Å². The molecule has 0 unspecified atom stereocenters. The predicted molar refractivity (Wildman–Crippen MR) is 112 cm³/mol. The lowest BCUT2D eigenvalue weighted by Crippen LogP contribution is -2.11. The summed E-state index contributed by atoms with van der Waals surface area (Å²) >= 11 is 6.13. The second-order valence-corrected chi connectivity index (χ2v) is 7.10. The van der Waals surface area contributed by atoms with Crippen LogP contribution in [0.4, 0.5) is 11.6 Å². The Balaban J connectivity index is 1.67. The van der Waals surface area contributed by atoms with Crippen molar-refractivity contribution in [3.05, 3.63) is 65.2 Å². The molecule has 0 atom stereocenters. The van der Waals surface area contributed by atoms with E-state index in [-0.39, 0.29) is 0 Å². The molecule has 0 aliphatic heterocycles. The maximum Gasteiger partial charge on any atom is 0.168 e. The second-order valence-electron chi connectivity index (χ2n) is 6.66. The molecular weight excluding hydrogens is 374 g/mol. The van der Waals surface area contributed by atoms with Gasteiger partial charge >= 0.3 is 0 Å². The number of anilines is 2. The van der Waals surface area contributed by atoms with Gasteiger partial charge in [0.05, 0.1) is 17.3 Å². The van der Waals surface area contributed by atoms with Crippen LogP contribution in [-0.4, -0.2) is 38.8 Å². The van der Waals surface area contributed by atoms with Crippen LogP contribution < -0.4 is 10.2 Å². The smallest absolute Gasteiger partial charge is 0.168 e. The Morgan fingerprint density at radius 3 is 2.79 bits per heavy atom. The highest BCUT2D eigenvalue weighted by Crippen LogP contribution is 2.24. The average Bonchev–Trinajstić information content (AvgIpc) is 3.10. The minimum absolute atomic E-state index is 0.622. The number of benzene rings is 1. The zero-order valence-electron chi connectivity index (χ0n) is 15.9. The van der Waals surface area contributed by atoms with Gasteiger partial charge in [-0.15, -0.1) is 0 Å². The third-order valence-electron chi connectivity index (χ3n) is 4.32. The number of fused-ring (bicyclic) bond motifs is 1. The van der Waals surface area contributed by atoms with Gasteiger partial charge in [-0.2, -0.15) is 5.10 Å². The molecule has 4 aromatic rings. The molecule has 7 nitrogen and oxygen atoms in total. The Bertz CT molecular complexity index is 1140. The van der Waals surface area contributed by atoms with E-state index in [1.807, 2.05) is 68.5 Å². The van der Waals surface area contributed by atoms with Crippen LogP contribution in [0.25, 0.3) is 16.7 Å². The fraction of sp³-hybridized carbons (Fsp3) is 0.200. The van der Waals surface area contributed by atoms with Crippen LogP contribution in [0.2, 0.25) is 5.02 Å². The van der Waals surface area contributed by atoms with Gasteiger partial charge in [-0.05, 0) is 42.8 Å². The average molecular weight is 394 g/mol. The maximum atomic E-state index is 6.13. The number of hydrogen-bond acceptors (Lipinski definition) is 6. The lowest BCUT2D eigenvalue weighted by Gasteiger charge is -2.13. The predicted octanol–water partition coefficient (Wildman–Crippen LogP) is 3.85. The molecule has 0 amide bonds. The van der Waals surface area contributed by atoms with Crippen LogP contribution in [0, 0.1) is 6.92 Å². The van der Waals surface area contributed by atoms with Gasteiger partial charge in [-0.1, -0.05) is 17.7 Å². The Morgan fingerprint density at radius 1 is 1.14 bits per heavy atom. The molecule has 8 heteroatoms. The third kappa shape index (κ3) is 3.61. The first-order valence-electron chi connectivity index (χ1n) is 8.86. The molecule has 0 bridgehead atoms. The molecule has 142 valence electrons. The Kier molecular flexibility index (Phi) is 4.83. The van der Waals surface area contributed by atoms with E-state index in [0.717, 1.165) is 33.9 Å². The van der Waals surface area contributed by atoms with Gasteiger partial charge in [0, 0.05) is 31.9 Å². The summed E-state index contributed by atoms with van der Waals surface area (Å²) in [6.07, 6.45) is 3.58. The Morgan fingerprint density at radius 2 is 2.00 bits per heavy atom. The highest BCUT2D eigenvalue weighted by atomic mass is 35.5. The van der Waals surface area contributed by atoms with Crippen molar-refractivity contribution in [2.75, 3.05) is 24.3 Å². The first-order valence-corrected chi connectivity index (χ1v) is 9.23. The lowest BCUT2D eigenvalue weighted by molar-refractivity contribution is 0.889. The molecule has 1 aromatic carbocycles. The summed E-state index contributed by atoms with van der Waals surface area (Å²) in [6.45, 7) is 2.49. The van der Waals surface area contributed by atoms with Gasteiger partial charge in [-0.25, -0.2) is 19.6 Å².